The molecule has 0 fully saturated rings. The number of carbonyl (C=O) groups is 1. The third-order valence-electron chi connectivity index (χ3n) is 3.09. The molecule has 1 heterocycles. The second-order valence-corrected chi connectivity index (χ2v) is 4.74. The molecule has 3 N–H and O–H groups in total. The van der Waals surface area contributed by atoms with Crippen molar-refractivity contribution in [3.8, 4) is 5.69 Å². The number of aromatic carboxylic acids is 1. The summed E-state index contributed by atoms with van der Waals surface area (Å²) in [6.07, 6.45) is -0.514. The molecule has 0 aliphatic carbocycles. The highest BCUT2D eigenvalue weighted by atomic mass is 19.1. The van der Waals surface area contributed by atoms with E-state index in [1.807, 2.05) is 0 Å². The van der Waals surface area contributed by atoms with E-state index in [0.717, 1.165) is 35.0 Å². The molecule has 0 unspecified atom stereocenters. The Morgan fingerprint density at radius 2 is 1.83 bits per heavy atom. The topological polar surface area (TPSA) is 122 Å². The second-order valence-electron chi connectivity index (χ2n) is 4.74. The van der Waals surface area contributed by atoms with Crippen molar-refractivity contribution >= 4 is 5.97 Å². The molecule has 1 atom stereocenters. The highest BCUT2D eigenvalue weighted by Crippen LogP contribution is 2.05. The molecule has 0 aliphatic heterocycles. The largest absolute Gasteiger partial charge is 0.477 e. The van der Waals surface area contributed by atoms with E-state index in [9.17, 15) is 23.9 Å². The predicted molar refractivity (Wildman–Crippen MR) is 76.3 cm³/mol. The Kier molecular flexibility index (Phi) is 4.72. The molecule has 9 heteroatoms. The quantitative estimate of drug-likeness (QED) is 0.661. The number of hydrogen-bond donors (Lipinski definition) is 3. The molecule has 2 aromatic rings. The van der Waals surface area contributed by atoms with Crippen LogP contribution in [0.2, 0.25) is 0 Å². The van der Waals surface area contributed by atoms with Gasteiger partial charge in [-0.3, -0.25) is 9.36 Å². The van der Waals surface area contributed by atoms with Crippen molar-refractivity contribution in [2.24, 2.45) is 0 Å². The molecule has 0 saturated heterocycles. The Morgan fingerprint density at radius 1 is 1.22 bits per heavy atom. The molecule has 0 bridgehead atoms. The molecule has 0 spiro atoms. The van der Waals surface area contributed by atoms with Gasteiger partial charge in [-0.15, -0.1) is 0 Å². The minimum absolute atomic E-state index is 0.0169. The van der Waals surface area contributed by atoms with Gasteiger partial charge in [0, 0.05) is 6.20 Å². The number of aliphatic hydroxyl groups excluding tert-OH is 2. The molecule has 8 nitrogen and oxygen atoms in total. The van der Waals surface area contributed by atoms with Crippen molar-refractivity contribution < 1.29 is 24.5 Å². The molecule has 0 radical (unpaired) electrons. The third kappa shape index (κ3) is 3.35. The summed E-state index contributed by atoms with van der Waals surface area (Å²) in [6.45, 7) is -1.05. The van der Waals surface area contributed by atoms with E-state index >= 15 is 0 Å². The fourth-order valence-electron chi connectivity index (χ4n) is 1.98. The van der Waals surface area contributed by atoms with Crippen molar-refractivity contribution in [3.63, 3.8) is 0 Å². The smallest absolute Gasteiger partial charge is 0.342 e. The van der Waals surface area contributed by atoms with E-state index in [0.29, 0.717) is 4.57 Å². The highest BCUT2D eigenvalue weighted by molar-refractivity contribution is 5.86. The third-order valence-corrected chi connectivity index (χ3v) is 3.09. The summed E-state index contributed by atoms with van der Waals surface area (Å²) in [5.41, 5.74) is -2.71. The minimum Gasteiger partial charge on any atom is -0.477 e. The first-order valence-electron chi connectivity index (χ1n) is 6.49. The van der Waals surface area contributed by atoms with Gasteiger partial charge in [-0.2, -0.15) is 0 Å². The Morgan fingerprint density at radius 3 is 2.35 bits per heavy atom. The van der Waals surface area contributed by atoms with E-state index in [-0.39, 0.29) is 5.69 Å². The molecule has 0 aliphatic rings. The molecule has 1 aromatic heterocycles. The zero-order chi connectivity index (χ0) is 17.1. The maximum atomic E-state index is 13.0. The van der Waals surface area contributed by atoms with E-state index in [4.69, 9.17) is 10.2 Å². The number of halogens is 1. The van der Waals surface area contributed by atoms with E-state index < -0.39 is 47.9 Å². The second kappa shape index (κ2) is 6.55. The van der Waals surface area contributed by atoms with Crippen LogP contribution in [-0.4, -0.2) is 43.1 Å². The summed E-state index contributed by atoms with van der Waals surface area (Å²) in [4.78, 5) is 35.7. The molecular weight excluding hydrogens is 311 g/mol. The van der Waals surface area contributed by atoms with Gasteiger partial charge in [0.25, 0.3) is 5.56 Å². The zero-order valence-corrected chi connectivity index (χ0v) is 11.7. The number of nitrogens with zero attached hydrogens (tertiary/aromatic N) is 2. The summed E-state index contributed by atoms with van der Waals surface area (Å²) in [7, 11) is 0. The summed E-state index contributed by atoms with van der Waals surface area (Å²) in [5, 5.41) is 27.4. The number of carboxylic acid groups (broad SMARTS) is 1. The summed E-state index contributed by atoms with van der Waals surface area (Å²) in [6, 6.07) is 4.33. The average Bonchev–Trinajstić information content (AvgIpc) is 2.51. The SMILES string of the molecule is O=C(O)c1cn(C[C@H](O)CO)c(=O)n(-c2ccc(F)cc2)c1=O. The monoisotopic (exact) mass is 324 g/mol. The zero-order valence-electron chi connectivity index (χ0n) is 11.7. The van der Waals surface area contributed by atoms with Gasteiger partial charge in [-0.1, -0.05) is 0 Å². The van der Waals surface area contributed by atoms with Crippen LogP contribution in [0.4, 0.5) is 4.39 Å². The Balaban J connectivity index is 2.73. The van der Waals surface area contributed by atoms with Crippen LogP contribution in [0.1, 0.15) is 10.4 Å². The van der Waals surface area contributed by atoms with Crippen LogP contribution in [0.5, 0.6) is 0 Å². The van der Waals surface area contributed by atoms with Crippen LogP contribution in [0.15, 0.2) is 40.1 Å². The molecule has 122 valence electrons. The van der Waals surface area contributed by atoms with Gasteiger partial charge >= 0.3 is 11.7 Å². The first kappa shape index (κ1) is 16.6. The number of hydrogen-bond acceptors (Lipinski definition) is 5. The highest BCUT2D eigenvalue weighted by Gasteiger charge is 2.19. The van der Waals surface area contributed by atoms with Crippen molar-refractivity contribution in [2.45, 2.75) is 12.6 Å². The summed E-state index contributed by atoms with van der Waals surface area (Å²) in [5.74, 6) is -2.15. The van der Waals surface area contributed by atoms with Crippen LogP contribution < -0.4 is 11.2 Å². The van der Waals surface area contributed by atoms with E-state index in [1.54, 1.807) is 0 Å². The van der Waals surface area contributed by atoms with Gasteiger partial charge in [0.2, 0.25) is 0 Å². The number of aliphatic hydroxyl groups is 2. The van der Waals surface area contributed by atoms with Gasteiger partial charge in [-0.25, -0.2) is 18.5 Å². The van der Waals surface area contributed by atoms with Crippen LogP contribution in [0, 0.1) is 5.82 Å². The van der Waals surface area contributed by atoms with Crippen molar-refractivity contribution in [3.05, 3.63) is 62.7 Å². The Labute approximate surface area is 128 Å². The summed E-state index contributed by atoms with van der Waals surface area (Å²) >= 11 is 0. The first-order valence-corrected chi connectivity index (χ1v) is 6.49. The first-order chi connectivity index (χ1) is 10.8. The van der Waals surface area contributed by atoms with Crippen LogP contribution in [0.25, 0.3) is 5.69 Å². The van der Waals surface area contributed by atoms with Gasteiger partial charge in [-0.05, 0) is 24.3 Å². The lowest BCUT2D eigenvalue weighted by molar-refractivity contribution is 0.0686. The van der Waals surface area contributed by atoms with Gasteiger partial charge in [0.1, 0.15) is 11.4 Å². The van der Waals surface area contributed by atoms with Crippen LogP contribution in [-0.2, 0) is 6.54 Å². The fourth-order valence-corrected chi connectivity index (χ4v) is 1.98. The van der Waals surface area contributed by atoms with E-state index in [1.165, 1.54) is 0 Å². The van der Waals surface area contributed by atoms with Crippen LogP contribution >= 0.6 is 0 Å². The van der Waals surface area contributed by atoms with Gasteiger partial charge < -0.3 is 15.3 Å². The van der Waals surface area contributed by atoms with Crippen molar-refractivity contribution in [2.75, 3.05) is 6.61 Å². The maximum Gasteiger partial charge on any atom is 0.342 e. The average molecular weight is 324 g/mol. The molecule has 0 amide bonds. The van der Waals surface area contributed by atoms with Crippen molar-refractivity contribution in [1.29, 1.82) is 0 Å². The molecule has 1 aromatic carbocycles. The Hall–Kier alpha value is -2.78. The Bertz CT molecular complexity index is 840. The fraction of sp³-hybridized carbons (Fsp3) is 0.214. The predicted octanol–water partition coefficient (Wildman–Crippen LogP) is -0.810. The van der Waals surface area contributed by atoms with Gasteiger partial charge in [0.15, 0.2) is 0 Å². The molecule has 0 saturated carbocycles. The van der Waals surface area contributed by atoms with E-state index in [2.05, 4.69) is 0 Å². The molecular formula is C14H13FN2O6. The number of benzene rings is 1. The lowest BCUT2D eigenvalue weighted by atomic mass is 10.2. The minimum atomic E-state index is -1.56. The van der Waals surface area contributed by atoms with Crippen LogP contribution in [0.3, 0.4) is 0 Å². The normalized spacial score (nSPS) is 12.1. The van der Waals surface area contributed by atoms with Crippen molar-refractivity contribution in [1.82, 2.24) is 9.13 Å². The standard InChI is InChI=1S/C14H13FN2O6/c15-8-1-3-9(4-2-8)17-12(20)11(13(21)22)6-16(14(17)23)5-10(19)7-18/h1-4,6,10,18-19H,5,7H2,(H,21,22)/t10-/m0/s1. The lowest BCUT2D eigenvalue weighted by Crippen LogP contribution is -2.43. The summed E-state index contributed by atoms with van der Waals surface area (Å²) < 4.78 is 14.3. The number of carboxylic acids is 1. The molecule has 23 heavy (non-hydrogen) atoms. The molecule has 2 rings (SSSR count). The maximum absolute atomic E-state index is 13.0. The lowest BCUT2D eigenvalue weighted by Gasteiger charge is -2.14. The van der Waals surface area contributed by atoms with Gasteiger partial charge in [0.05, 0.1) is 24.9 Å². The number of rotatable bonds is 5. The number of aromatic nitrogens is 2.